The molecule has 2 N–H and O–H groups in total. The summed E-state index contributed by atoms with van der Waals surface area (Å²) in [6.07, 6.45) is 2.98. The second-order valence-electron chi connectivity index (χ2n) is 9.34. The summed E-state index contributed by atoms with van der Waals surface area (Å²) >= 11 is 6.27. The van der Waals surface area contributed by atoms with Crippen LogP contribution in [0.25, 0.3) is 10.9 Å². The van der Waals surface area contributed by atoms with E-state index in [-0.39, 0.29) is 23.1 Å². The number of carbonyl (C=O) groups excluding carboxylic acids is 2. The van der Waals surface area contributed by atoms with Gasteiger partial charge in [-0.25, -0.2) is 0 Å². The van der Waals surface area contributed by atoms with Gasteiger partial charge in [0.1, 0.15) is 11.1 Å². The number of H-pyrrole nitrogens is 1. The maximum absolute atomic E-state index is 13.7. The molecular weight excluding hydrogens is 362 g/mol. The zero-order chi connectivity index (χ0) is 18.8. The van der Waals surface area contributed by atoms with E-state index in [1.165, 1.54) is 5.69 Å². The Labute approximate surface area is 162 Å². The predicted octanol–water partition coefficient (Wildman–Crippen LogP) is 2.90. The molecule has 4 saturated heterocycles. The van der Waals surface area contributed by atoms with E-state index in [1.807, 2.05) is 23.1 Å². The van der Waals surface area contributed by atoms with Crippen LogP contribution in [-0.2, 0) is 21.4 Å². The van der Waals surface area contributed by atoms with Gasteiger partial charge in [-0.15, -0.1) is 0 Å². The van der Waals surface area contributed by atoms with Crippen LogP contribution in [0, 0.1) is 5.92 Å². The summed E-state index contributed by atoms with van der Waals surface area (Å²) < 4.78 is 0. The number of carbonyl (C=O) groups is 2. The molecule has 2 bridgehead atoms. The van der Waals surface area contributed by atoms with Gasteiger partial charge in [0, 0.05) is 45.9 Å². The number of halogens is 1. The van der Waals surface area contributed by atoms with Crippen LogP contribution >= 0.6 is 11.6 Å². The monoisotopic (exact) mass is 383 g/mol. The highest BCUT2D eigenvalue weighted by atomic mass is 35.5. The van der Waals surface area contributed by atoms with Crippen LogP contribution in [0.5, 0.6) is 0 Å². The summed E-state index contributed by atoms with van der Waals surface area (Å²) in [6.45, 7) is 5.13. The highest BCUT2D eigenvalue weighted by Gasteiger charge is 2.72. The van der Waals surface area contributed by atoms with Crippen molar-refractivity contribution in [1.29, 1.82) is 0 Å². The van der Waals surface area contributed by atoms with Crippen molar-refractivity contribution in [3.8, 4) is 0 Å². The molecule has 0 unspecified atom stereocenters. The molecule has 1 aromatic carbocycles. The Morgan fingerprint density at radius 1 is 1.26 bits per heavy atom. The van der Waals surface area contributed by atoms with Crippen LogP contribution in [0.2, 0.25) is 5.02 Å². The lowest BCUT2D eigenvalue weighted by molar-refractivity contribution is -0.179. The summed E-state index contributed by atoms with van der Waals surface area (Å²) in [6, 6.07) is 5.86. The number of fused-ring (bicyclic) bond motifs is 4. The van der Waals surface area contributed by atoms with Gasteiger partial charge in [0.2, 0.25) is 11.8 Å². The van der Waals surface area contributed by atoms with Crippen molar-refractivity contribution in [1.82, 2.24) is 15.2 Å². The zero-order valence-corrected chi connectivity index (χ0v) is 16.2. The molecule has 2 amide bonds. The van der Waals surface area contributed by atoms with Crippen molar-refractivity contribution in [2.45, 2.75) is 56.0 Å². The van der Waals surface area contributed by atoms with E-state index in [0.29, 0.717) is 18.0 Å². The minimum absolute atomic E-state index is 0.0490. The van der Waals surface area contributed by atoms with E-state index >= 15 is 0 Å². The van der Waals surface area contributed by atoms with Crippen LogP contribution in [-0.4, -0.2) is 39.3 Å². The molecule has 1 aromatic heterocycles. The van der Waals surface area contributed by atoms with Gasteiger partial charge in [-0.05, 0) is 43.0 Å². The largest absolute Gasteiger partial charge is 0.358 e. The van der Waals surface area contributed by atoms with Gasteiger partial charge in [-0.1, -0.05) is 25.4 Å². The minimum atomic E-state index is -0.836. The van der Waals surface area contributed by atoms with Gasteiger partial charge >= 0.3 is 0 Å². The third-order valence-corrected chi connectivity index (χ3v) is 8.09. The SMILES string of the molecule is CC1(C)c2[nH]c3ccc(Cl)cc3c2C[C@@]23NC(=O)[C@]4(CCCN4C2=O)C[C@H]13. The van der Waals surface area contributed by atoms with Crippen molar-refractivity contribution < 1.29 is 9.59 Å². The smallest absolute Gasteiger partial charge is 0.249 e. The number of nitrogens with zero attached hydrogens (tertiary/aromatic N) is 1. The summed E-state index contributed by atoms with van der Waals surface area (Å²) in [5, 5.41) is 4.97. The lowest BCUT2D eigenvalue weighted by Gasteiger charge is -2.64. The summed E-state index contributed by atoms with van der Waals surface area (Å²) in [5.41, 5.74) is 1.64. The van der Waals surface area contributed by atoms with Crippen molar-refractivity contribution in [3.63, 3.8) is 0 Å². The average molecular weight is 384 g/mol. The molecule has 7 rings (SSSR count). The van der Waals surface area contributed by atoms with Crippen LogP contribution in [0.15, 0.2) is 18.2 Å². The molecule has 5 heterocycles. The maximum Gasteiger partial charge on any atom is 0.249 e. The molecular formula is C21H22ClN3O2. The third kappa shape index (κ3) is 1.61. The van der Waals surface area contributed by atoms with Crippen LogP contribution < -0.4 is 5.32 Å². The second-order valence-corrected chi connectivity index (χ2v) is 9.78. The fraction of sp³-hybridized carbons (Fsp3) is 0.524. The quantitative estimate of drug-likeness (QED) is 0.734. The second kappa shape index (κ2) is 4.52. The molecule has 0 radical (unpaired) electrons. The molecule has 140 valence electrons. The number of aromatic amines is 1. The van der Waals surface area contributed by atoms with Gasteiger partial charge < -0.3 is 15.2 Å². The number of nitrogens with one attached hydrogen (secondary N) is 2. The number of aromatic nitrogens is 1. The Morgan fingerprint density at radius 3 is 2.89 bits per heavy atom. The molecule has 5 nitrogen and oxygen atoms in total. The summed E-state index contributed by atoms with van der Waals surface area (Å²) in [7, 11) is 0. The Kier molecular flexibility index (Phi) is 2.67. The number of rotatable bonds is 0. The van der Waals surface area contributed by atoms with Crippen molar-refractivity contribution >= 4 is 34.3 Å². The predicted molar refractivity (Wildman–Crippen MR) is 103 cm³/mol. The average Bonchev–Trinajstić information content (AvgIpc) is 3.20. The van der Waals surface area contributed by atoms with Gasteiger partial charge in [0.15, 0.2) is 0 Å². The van der Waals surface area contributed by atoms with E-state index in [1.54, 1.807) is 0 Å². The first kappa shape index (κ1) is 16.0. The summed E-state index contributed by atoms with van der Waals surface area (Å²) in [5.74, 6) is 0.250. The molecule has 0 saturated carbocycles. The van der Waals surface area contributed by atoms with Crippen molar-refractivity contribution in [2.75, 3.05) is 6.54 Å². The Hall–Kier alpha value is -2.01. The number of piperazine rings is 1. The fourth-order valence-electron chi connectivity index (χ4n) is 6.60. The van der Waals surface area contributed by atoms with E-state index in [9.17, 15) is 9.59 Å². The topological polar surface area (TPSA) is 65.2 Å². The molecule has 2 aromatic rings. The number of hydrogen-bond acceptors (Lipinski definition) is 2. The van der Waals surface area contributed by atoms with E-state index in [2.05, 4.69) is 24.1 Å². The Bertz CT molecular complexity index is 1060. The van der Waals surface area contributed by atoms with Gasteiger partial charge in [0.25, 0.3) is 0 Å². The molecule has 3 atom stereocenters. The Morgan fingerprint density at radius 2 is 2.07 bits per heavy atom. The molecule has 1 aliphatic carbocycles. The van der Waals surface area contributed by atoms with Crippen LogP contribution in [0.3, 0.4) is 0 Å². The highest BCUT2D eigenvalue weighted by Crippen LogP contribution is 2.59. The van der Waals surface area contributed by atoms with Crippen molar-refractivity contribution in [3.05, 3.63) is 34.5 Å². The highest BCUT2D eigenvalue weighted by molar-refractivity contribution is 6.31. The zero-order valence-electron chi connectivity index (χ0n) is 15.5. The normalized spacial score (nSPS) is 35.8. The molecule has 5 aliphatic rings. The lowest BCUT2D eigenvalue weighted by atomic mass is 9.51. The van der Waals surface area contributed by atoms with Crippen LogP contribution in [0.4, 0.5) is 0 Å². The lowest BCUT2D eigenvalue weighted by Crippen LogP contribution is -2.84. The first-order valence-electron chi connectivity index (χ1n) is 9.75. The van der Waals surface area contributed by atoms with Crippen LogP contribution in [0.1, 0.15) is 44.4 Å². The number of piperidine rings is 2. The summed E-state index contributed by atoms with van der Waals surface area (Å²) in [4.78, 5) is 32.3. The van der Waals surface area contributed by atoms with E-state index in [0.717, 1.165) is 35.7 Å². The first-order valence-corrected chi connectivity index (χ1v) is 10.1. The molecule has 4 aliphatic heterocycles. The number of amides is 2. The van der Waals surface area contributed by atoms with E-state index < -0.39 is 11.1 Å². The molecule has 2 spiro atoms. The van der Waals surface area contributed by atoms with Crippen molar-refractivity contribution in [2.24, 2.45) is 5.92 Å². The van der Waals surface area contributed by atoms with Gasteiger partial charge in [-0.2, -0.15) is 0 Å². The first-order chi connectivity index (χ1) is 12.8. The Balaban J connectivity index is 1.63. The minimum Gasteiger partial charge on any atom is -0.358 e. The maximum atomic E-state index is 13.7. The molecule has 4 fully saturated rings. The van der Waals surface area contributed by atoms with Gasteiger partial charge in [-0.3, -0.25) is 9.59 Å². The fourth-order valence-corrected chi connectivity index (χ4v) is 6.77. The number of hydrogen-bond donors (Lipinski definition) is 2. The van der Waals surface area contributed by atoms with E-state index in [4.69, 9.17) is 11.6 Å². The van der Waals surface area contributed by atoms with Gasteiger partial charge in [0.05, 0.1) is 0 Å². The molecule has 6 heteroatoms. The third-order valence-electron chi connectivity index (χ3n) is 7.85. The number of benzene rings is 1. The molecule has 27 heavy (non-hydrogen) atoms. The standard InChI is InChI=1S/C21H22ClN3O2/c1-19(2)15-10-20-6-3-7-25(20)18(27)21(15,24-17(20)26)9-13-12-8-11(22)4-5-14(12)23-16(13)19/h4-5,8,15,23H,3,6-7,9-10H2,1-2H3,(H,24,26)/t15-,20+,21+/m1/s1.